The highest BCUT2D eigenvalue weighted by atomic mass is 16.3. The minimum Gasteiger partial charge on any atom is -0.394 e. The van der Waals surface area contributed by atoms with E-state index in [2.05, 4.69) is 17.6 Å². The van der Waals surface area contributed by atoms with Gasteiger partial charge in [0.25, 0.3) is 0 Å². The first-order chi connectivity index (χ1) is 8.05. The van der Waals surface area contributed by atoms with Crippen molar-refractivity contribution in [1.82, 2.24) is 10.6 Å². The third kappa shape index (κ3) is 3.42. The molecule has 1 amide bonds. The van der Waals surface area contributed by atoms with Gasteiger partial charge in [-0.3, -0.25) is 4.79 Å². The number of aliphatic hydroxyl groups excluding tert-OH is 1. The fourth-order valence-electron chi connectivity index (χ4n) is 2.37. The van der Waals surface area contributed by atoms with Crippen molar-refractivity contribution in [2.24, 2.45) is 11.3 Å². The standard InChI is InChI=1S/C13H26N2O2/c1-4-13(6-5-7-14-9-13)12(17)15-11(8-16)10(2)3/h10-11,14,16H,4-9H2,1-3H3,(H,15,17)/t11-,13?/m1/s1. The van der Waals surface area contributed by atoms with Crippen LogP contribution < -0.4 is 10.6 Å². The largest absolute Gasteiger partial charge is 0.394 e. The first kappa shape index (κ1) is 14.5. The fraction of sp³-hybridized carbons (Fsp3) is 0.923. The number of amides is 1. The molecule has 2 atom stereocenters. The van der Waals surface area contributed by atoms with Crippen molar-refractivity contribution in [3.63, 3.8) is 0 Å². The lowest BCUT2D eigenvalue weighted by molar-refractivity contribution is -0.133. The van der Waals surface area contributed by atoms with Gasteiger partial charge in [-0.1, -0.05) is 20.8 Å². The highest BCUT2D eigenvalue weighted by Gasteiger charge is 2.38. The molecule has 0 bridgehead atoms. The van der Waals surface area contributed by atoms with Crippen molar-refractivity contribution in [1.29, 1.82) is 0 Å². The topological polar surface area (TPSA) is 61.4 Å². The number of hydrogen-bond donors (Lipinski definition) is 3. The summed E-state index contributed by atoms with van der Waals surface area (Å²) in [5.74, 6) is 0.356. The zero-order valence-corrected chi connectivity index (χ0v) is 11.3. The summed E-state index contributed by atoms with van der Waals surface area (Å²) in [7, 11) is 0. The van der Waals surface area contributed by atoms with E-state index in [1.54, 1.807) is 0 Å². The smallest absolute Gasteiger partial charge is 0.227 e. The Hall–Kier alpha value is -0.610. The monoisotopic (exact) mass is 242 g/mol. The maximum Gasteiger partial charge on any atom is 0.227 e. The van der Waals surface area contributed by atoms with E-state index in [4.69, 9.17) is 0 Å². The molecule has 0 aromatic carbocycles. The maximum atomic E-state index is 12.4. The molecule has 1 heterocycles. The predicted molar refractivity (Wildman–Crippen MR) is 68.7 cm³/mol. The summed E-state index contributed by atoms with van der Waals surface area (Å²) >= 11 is 0. The summed E-state index contributed by atoms with van der Waals surface area (Å²) < 4.78 is 0. The number of hydrogen-bond acceptors (Lipinski definition) is 3. The van der Waals surface area contributed by atoms with Gasteiger partial charge in [0.1, 0.15) is 0 Å². The quantitative estimate of drug-likeness (QED) is 0.671. The SMILES string of the molecule is CCC1(C(=O)N[C@H](CO)C(C)C)CCCNC1. The van der Waals surface area contributed by atoms with Gasteiger partial charge in [-0.05, 0) is 31.7 Å². The van der Waals surface area contributed by atoms with Crippen LogP contribution in [0.5, 0.6) is 0 Å². The molecular formula is C13H26N2O2. The number of nitrogens with one attached hydrogen (secondary N) is 2. The summed E-state index contributed by atoms with van der Waals surface area (Å²) in [6.45, 7) is 7.86. The molecule has 1 fully saturated rings. The second-order valence-corrected chi connectivity index (χ2v) is 5.42. The molecule has 17 heavy (non-hydrogen) atoms. The Balaban J connectivity index is 2.65. The molecule has 1 saturated heterocycles. The van der Waals surface area contributed by atoms with Crippen LogP contribution in [0.4, 0.5) is 0 Å². The Bertz CT molecular complexity index is 248. The van der Waals surface area contributed by atoms with E-state index in [1.165, 1.54) is 0 Å². The number of carbonyl (C=O) groups excluding carboxylic acids is 1. The molecule has 4 heteroatoms. The van der Waals surface area contributed by atoms with Crippen molar-refractivity contribution in [2.45, 2.75) is 46.1 Å². The maximum absolute atomic E-state index is 12.4. The van der Waals surface area contributed by atoms with Crippen LogP contribution in [-0.2, 0) is 4.79 Å². The van der Waals surface area contributed by atoms with E-state index >= 15 is 0 Å². The van der Waals surface area contributed by atoms with Crippen LogP contribution in [0.1, 0.15) is 40.0 Å². The molecule has 4 nitrogen and oxygen atoms in total. The molecule has 1 unspecified atom stereocenters. The molecule has 100 valence electrons. The average molecular weight is 242 g/mol. The second-order valence-electron chi connectivity index (χ2n) is 5.42. The summed E-state index contributed by atoms with van der Waals surface area (Å²) in [5.41, 5.74) is -0.277. The van der Waals surface area contributed by atoms with Gasteiger partial charge in [-0.25, -0.2) is 0 Å². The van der Waals surface area contributed by atoms with Gasteiger partial charge in [0.05, 0.1) is 18.1 Å². The first-order valence-electron chi connectivity index (χ1n) is 6.68. The number of carbonyl (C=O) groups is 1. The zero-order chi connectivity index (χ0) is 12.9. The number of aliphatic hydroxyl groups is 1. The van der Waals surface area contributed by atoms with Gasteiger partial charge in [0.15, 0.2) is 0 Å². The second kappa shape index (κ2) is 6.36. The van der Waals surface area contributed by atoms with E-state index in [9.17, 15) is 9.90 Å². The minimum absolute atomic E-state index is 0.0105. The van der Waals surface area contributed by atoms with Crippen LogP contribution >= 0.6 is 0 Å². The third-order valence-corrected chi connectivity index (χ3v) is 3.95. The molecule has 0 radical (unpaired) electrons. The summed E-state index contributed by atoms with van der Waals surface area (Å²) in [4.78, 5) is 12.4. The molecule has 0 spiro atoms. The van der Waals surface area contributed by atoms with Crippen molar-refractivity contribution in [2.75, 3.05) is 19.7 Å². The molecule has 0 aromatic heterocycles. The Morgan fingerprint density at radius 2 is 2.24 bits per heavy atom. The van der Waals surface area contributed by atoms with Gasteiger partial charge in [0, 0.05) is 6.54 Å². The summed E-state index contributed by atoms with van der Waals surface area (Å²) in [6.07, 6.45) is 2.84. The highest BCUT2D eigenvalue weighted by Crippen LogP contribution is 2.30. The molecule has 3 N–H and O–H groups in total. The Labute approximate surface area is 104 Å². The van der Waals surface area contributed by atoms with Crippen LogP contribution in [0.25, 0.3) is 0 Å². The zero-order valence-electron chi connectivity index (χ0n) is 11.3. The normalized spacial score (nSPS) is 26.9. The van der Waals surface area contributed by atoms with Crippen LogP contribution in [0.2, 0.25) is 0 Å². The molecule has 0 aliphatic carbocycles. The van der Waals surface area contributed by atoms with E-state index < -0.39 is 0 Å². The van der Waals surface area contributed by atoms with Crippen molar-refractivity contribution < 1.29 is 9.90 Å². The van der Waals surface area contributed by atoms with Crippen molar-refractivity contribution in [3.05, 3.63) is 0 Å². The van der Waals surface area contributed by atoms with E-state index in [1.807, 2.05) is 13.8 Å². The van der Waals surface area contributed by atoms with Crippen molar-refractivity contribution >= 4 is 5.91 Å². The number of rotatable bonds is 5. The van der Waals surface area contributed by atoms with Gasteiger partial charge in [-0.15, -0.1) is 0 Å². The van der Waals surface area contributed by atoms with Gasteiger partial charge < -0.3 is 15.7 Å². The third-order valence-electron chi connectivity index (χ3n) is 3.95. The van der Waals surface area contributed by atoms with Gasteiger partial charge >= 0.3 is 0 Å². The Morgan fingerprint density at radius 1 is 1.53 bits per heavy atom. The lowest BCUT2D eigenvalue weighted by Gasteiger charge is -2.37. The van der Waals surface area contributed by atoms with Crippen LogP contribution in [0, 0.1) is 11.3 Å². The minimum atomic E-state index is -0.277. The molecule has 0 aromatic rings. The fourth-order valence-corrected chi connectivity index (χ4v) is 2.37. The van der Waals surface area contributed by atoms with E-state index in [-0.39, 0.29) is 29.9 Å². The summed E-state index contributed by atoms with van der Waals surface area (Å²) in [6, 6.07) is -0.132. The number of piperidine rings is 1. The first-order valence-corrected chi connectivity index (χ1v) is 6.68. The highest BCUT2D eigenvalue weighted by molar-refractivity contribution is 5.83. The Kier molecular flexibility index (Phi) is 5.40. The average Bonchev–Trinajstić information content (AvgIpc) is 2.35. The van der Waals surface area contributed by atoms with Crippen LogP contribution in [0.3, 0.4) is 0 Å². The molecule has 1 rings (SSSR count). The van der Waals surface area contributed by atoms with Gasteiger partial charge in [-0.2, -0.15) is 0 Å². The molecule has 1 aliphatic rings. The van der Waals surface area contributed by atoms with Gasteiger partial charge in [0.2, 0.25) is 5.91 Å². The van der Waals surface area contributed by atoms with Crippen LogP contribution in [0.15, 0.2) is 0 Å². The lowest BCUT2D eigenvalue weighted by atomic mass is 9.77. The van der Waals surface area contributed by atoms with E-state index in [0.29, 0.717) is 0 Å². The molecule has 1 aliphatic heterocycles. The summed E-state index contributed by atoms with van der Waals surface area (Å²) in [5, 5.41) is 15.6. The lowest BCUT2D eigenvalue weighted by Crippen LogP contribution is -2.54. The Morgan fingerprint density at radius 3 is 2.65 bits per heavy atom. The molecule has 0 saturated carbocycles. The molecular weight excluding hydrogens is 216 g/mol. The predicted octanol–water partition coefficient (Wildman–Crippen LogP) is 0.899. The van der Waals surface area contributed by atoms with Crippen LogP contribution in [-0.4, -0.2) is 36.8 Å². The van der Waals surface area contributed by atoms with Crippen molar-refractivity contribution in [3.8, 4) is 0 Å². The van der Waals surface area contributed by atoms with E-state index in [0.717, 1.165) is 32.4 Å².